The summed E-state index contributed by atoms with van der Waals surface area (Å²) in [7, 11) is 0. The number of carbonyl (C=O) groups excluding carboxylic acids is 1. The highest BCUT2D eigenvalue weighted by molar-refractivity contribution is 5.94. The van der Waals surface area contributed by atoms with Gasteiger partial charge in [0, 0.05) is 12.4 Å². The highest BCUT2D eigenvalue weighted by Gasteiger charge is 2.20. The summed E-state index contributed by atoms with van der Waals surface area (Å²) in [4.78, 5) is 32.1. The Morgan fingerprint density at radius 3 is 2.45 bits per heavy atom. The van der Waals surface area contributed by atoms with E-state index in [1.54, 1.807) is 30.6 Å². The monoisotopic (exact) mass is 417 g/mol. The predicted molar refractivity (Wildman–Crippen MR) is 123 cm³/mol. The van der Waals surface area contributed by atoms with Crippen LogP contribution < -0.4 is 10.9 Å². The third-order valence-electron chi connectivity index (χ3n) is 4.25. The zero-order chi connectivity index (χ0) is 22.8. The molecule has 1 unspecified atom stereocenters. The summed E-state index contributed by atoms with van der Waals surface area (Å²) in [6.45, 7) is 13.4. The van der Waals surface area contributed by atoms with Gasteiger partial charge in [-0.2, -0.15) is 5.10 Å². The number of aromatic nitrogens is 4. The van der Waals surface area contributed by atoms with Crippen LogP contribution in [-0.4, -0.2) is 25.7 Å². The molecule has 2 heterocycles. The van der Waals surface area contributed by atoms with Crippen molar-refractivity contribution in [3.05, 3.63) is 113 Å². The van der Waals surface area contributed by atoms with Gasteiger partial charge in [0.1, 0.15) is 5.56 Å². The number of nitrogens with one attached hydrogen (secondary N) is 2. The van der Waals surface area contributed by atoms with Crippen LogP contribution in [0.15, 0.2) is 90.7 Å². The van der Waals surface area contributed by atoms with Gasteiger partial charge in [-0.15, -0.1) is 0 Å². The van der Waals surface area contributed by atoms with E-state index in [4.69, 9.17) is 0 Å². The van der Waals surface area contributed by atoms with E-state index in [1.165, 1.54) is 10.9 Å². The third-order valence-corrected chi connectivity index (χ3v) is 4.25. The fourth-order valence-electron chi connectivity index (χ4n) is 2.82. The smallest absolute Gasteiger partial charge is 0.265 e. The summed E-state index contributed by atoms with van der Waals surface area (Å²) < 4.78 is 1.44. The number of benzene rings is 1. The molecule has 1 amide bonds. The Morgan fingerprint density at radius 1 is 1.19 bits per heavy atom. The maximum absolute atomic E-state index is 12.8. The largest absolute Gasteiger partial charge is 0.341 e. The maximum Gasteiger partial charge on any atom is 0.265 e. The number of allylic oxidation sites excluding steroid dienone is 2. The van der Waals surface area contributed by atoms with E-state index in [0.717, 1.165) is 16.7 Å². The molecule has 0 bridgehead atoms. The van der Waals surface area contributed by atoms with Crippen LogP contribution in [0, 0.1) is 6.92 Å². The summed E-state index contributed by atoms with van der Waals surface area (Å²) in [5.74, 6) is -0.315. The molecule has 0 saturated heterocycles. The van der Waals surface area contributed by atoms with Gasteiger partial charge in [0.2, 0.25) is 5.95 Å². The molecule has 7 nitrogen and oxygen atoms in total. The van der Waals surface area contributed by atoms with E-state index in [0.29, 0.717) is 0 Å². The molecule has 0 fully saturated rings. The highest BCUT2D eigenvalue weighted by atomic mass is 16.2. The minimum atomic E-state index is -0.555. The molecule has 0 aliphatic carbocycles. The number of rotatable bonds is 7. The normalized spacial score (nSPS) is 11.6. The lowest BCUT2D eigenvalue weighted by Gasteiger charge is -2.20. The standard InChI is InChI=1S/C22H21N5O2.C2H6/c1-4-9-16(5-2)19(17-10-7-6-8-11-17)25-20(28)18-13-23-22(26-21(18)29)27-14-15(3)12-24-27;1-2/h4-14,19H,1-2H2,3H3,(H,25,28)(H,23,26,29);1-2H3/b16-9+;. The number of aromatic amines is 1. The minimum Gasteiger partial charge on any atom is -0.341 e. The number of amides is 1. The van der Waals surface area contributed by atoms with Gasteiger partial charge in [0.05, 0.1) is 12.2 Å². The molecule has 31 heavy (non-hydrogen) atoms. The molecular formula is C24H27N5O2. The fourth-order valence-corrected chi connectivity index (χ4v) is 2.82. The average Bonchev–Trinajstić information content (AvgIpc) is 3.24. The number of hydrogen-bond acceptors (Lipinski definition) is 4. The highest BCUT2D eigenvalue weighted by Crippen LogP contribution is 2.23. The van der Waals surface area contributed by atoms with Crippen LogP contribution in [0.25, 0.3) is 5.95 Å². The van der Waals surface area contributed by atoms with E-state index >= 15 is 0 Å². The van der Waals surface area contributed by atoms with E-state index in [-0.39, 0.29) is 11.5 Å². The molecule has 160 valence electrons. The Morgan fingerprint density at radius 2 is 1.90 bits per heavy atom. The molecule has 3 rings (SSSR count). The molecule has 2 N–H and O–H groups in total. The average molecular weight is 418 g/mol. The Bertz CT molecular complexity index is 1130. The Hall–Kier alpha value is -4.00. The Kier molecular flexibility index (Phi) is 8.45. The first kappa shape index (κ1) is 23.3. The second-order valence-electron chi connectivity index (χ2n) is 6.34. The Balaban J connectivity index is 0.00000166. The van der Waals surface area contributed by atoms with Gasteiger partial charge < -0.3 is 5.32 Å². The van der Waals surface area contributed by atoms with Crippen LogP contribution >= 0.6 is 0 Å². The van der Waals surface area contributed by atoms with Crippen molar-refractivity contribution in [3.63, 3.8) is 0 Å². The van der Waals surface area contributed by atoms with Gasteiger partial charge in [-0.3, -0.25) is 14.6 Å². The van der Waals surface area contributed by atoms with Crippen LogP contribution in [0.2, 0.25) is 0 Å². The molecule has 0 radical (unpaired) electrons. The maximum atomic E-state index is 12.8. The summed E-state index contributed by atoms with van der Waals surface area (Å²) in [6.07, 6.45) is 9.64. The second-order valence-corrected chi connectivity index (χ2v) is 6.34. The molecular weight excluding hydrogens is 390 g/mol. The molecule has 3 aromatic rings. The Labute approximate surface area is 181 Å². The lowest BCUT2D eigenvalue weighted by atomic mass is 9.97. The number of H-pyrrole nitrogens is 1. The van der Waals surface area contributed by atoms with Crippen molar-refractivity contribution in [2.45, 2.75) is 26.8 Å². The van der Waals surface area contributed by atoms with Crippen LogP contribution in [0.4, 0.5) is 0 Å². The topological polar surface area (TPSA) is 92.7 Å². The van der Waals surface area contributed by atoms with Crippen molar-refractivity contribution in [2.24, 2.45) is 0 Å². The SMILES string of the molecule is C=C/C=C(\C=C)C(NC(=O)c1cnc(-n2cc(C)cn2)[nH]c1=O)c1ccccc1.CC. The first-order chi connectivity index (χ1) is 15.0. The molecule has 1 aromatic carbocycles. The van der Waals surface area contributed by atoms with E-state index in [9.17, 15) is 9.59 Å². The van der Waals surface area contributed by atoms with Crippen molar-refractivity contribution >= 4 is 5.91 Å². The van der Waals surface area contributed by atoms with Gasteiger partial charge in [0.25, 0.3) is 11.5 Å². The van der Waals surface area contributed by atoms with Crippen LogP contribution in [-0.2, 0) is 0 Å². The van der Waals surface area contributed by atoms with Gasteiger partial charge in [-0.25, -0.2) is 9.67 Å². The van der Waals surface area contributed by atoms with Gasteiger partial charge in [0.15, 0.2) is 0 Å². The predicted octanol–water partition coefficient (Wildman–Crippen LogP) is 4.06. The van der Waals surface area contributed by atoms with Crippen LogP contribution in [0.5, 0.6) is 0 Å². The van der Waals surface area contributed by atoms with Crippen LogP contribution in [0.1, 0.15) is 41.4 Å². The summed E-state index contributed by atoms with van der Waals surface area (Å²) in [5, 5.41) is 6.98. The van der Waals surface area contributed by atoms with Gasteiger partial charge in [-0.05, 0) is 23.6 Å². The molecule has 1 atom stereocenters. The zero-order valence-corrected chi connectivity index (χ0v) is 18.0. The first-order valence-corrected chi connectivity index (χ1v) is 9.95. The minimum absolute atomic E-state index is 0.0967. The zero-order valence-electron chi connectivity index (χ0n) is 18.0. The lowest BCUT2D eigenvalue weighted by molar-refractivity contribution is 0.0941. The molecule has 0 aliphatic rings. The van der Waals surface area contributed by atoms with Gasteiger partial charge >= 0.3 is 0 Å². The molecule has 0 aliphatic heterocycles. The van der Waals surface area contributed by atoms with Crippen molar-refractivity contribution in [2.75, 3.05) is 0 Å². The number of aryl methyl sites for hydroxylation is 1. The van der Waals surface area contributed by atoms with Crippen LogP contribution in [0.3, 0.4) is 0 Å². The molecule has 7 heteroatoms. The van der Waals surface area contributed by atoms with E-state index < -0.39 is 17.5 Å². The number of hydrogen-bond donors (Lipinski definition) is 2. The van der Waals surface area contributed by atoms with E-state index in [2.05, 4.69) is 33.5 Å². The summed E-state index contributed by atoms with van der Waals surface area (Å²) in [5.41, 5.74) is 1.86. The molecule has 2 aromatic heterocycles. The lowest BCUT2D eigenvalue weighted by Crippen LogP contribution is -2.34. The number of nitrogens with zero attached hydrogens (tertiary/aromatic N) is 3. The van der Waals surface area contributed by atoms with E-state index in [1.807, 2.05) is 51.1 Å². The molecule has 0 saturated carbocycles. The van der Waals surface area contributed by atoms with Gasteiger partial charge in [-0.1, -0.05) is 75.6 Å². The quantitative estimate of drug-likeness (QED) is 0.567. The summed E-state index contributed by atoms with van der Waals surface area (Å²) >= 11 is 0. The van der Waals surface area contributed by atoms with Crippen molar-refractivity contribution < 1.29 is 4.79 Å². The van der Waals surface area contributed by atoms with Crippen molar-refractivity contribution in [3.8, 4) is 5.95 Å². The molecule has 0 spiro atoms. The summed E-state index contributed by atoms with van der Waals surface area (Å²) in [6, 6.07) is 8.91. The van der Waals surface area contributed by atoms with Crippen molar-refractivity contribution in [1.29, 1.82) is 0 Å². The third kappa shape index (κ3) is 5.76. The van der Waals surface area contributed by atoms with Crippen molar-refractivity contribution in [1.82, 2.24) is 25.1 Å². The second kappa shape index (κ2) is 11.3. The first-order valence-electron chi connectivity index (χ1n) is 9.95. The fraction of sp³-hybridized carbons (Fsp3) is 0.167. The number of carbonyl (C=O) groups is 1.